The van der Waals surface area contributed by atoms with Gasteiger partial charge in [0, 0.05) is 12.1 Å². The first-order valence-electron chi connectivity index (χ1n) is 12.5. The van der Waals surface area contributed by atoms with Crippen LogP contribution in [-0.4, -0.2) is 28.8 Å². The molecule has 3 atom stereocenters. The van der Waals surface area contributed by atoms with Gasteiger partial charge in [-0.05, 0) is 60.2 Å². The van der Waals surface area contributed by atoms with Gasteiger partial charge in [0.15, 0.2) is 6.10 Å². The number of carbonyl (C=O) groups excluding carboxylic acids is 3. The third-order valence-corrected chi connectivity index (χ3v) is 6.94. The summed E-state index contributed by atoms with van der Waals surface area (Å²) in [5, 5.41) is 12.8. The number of halogens is 1. The number of carbonyl (C=O) groups is 3. The van der Waals surface area contributed by atoms with Crippen LogP contribution >= 0.6 is 0 Å². The van der Waals surface area contributed by atoms with Crippen molar-refractivity contribution in [2.24, 2.45) is 5.92 Å². The number of non-ortho nitro benzene ring substituents is 1. The number of amides is 2. The molecule has 10 nitrogen and oxygen atoms in total. The molecule has 4 aromatic rings. The van der Waals surface area contributed by atoms with Gasteiger partial charge < -0.3 is 4.74 Å². The number of anilines is 2. The number of hydroxylamine groups is 1. The molecule has 0 aromatic heterocycles. The van der Waals surface area contributed by atoms with Crippen molar-refractivity contribution in [3.8, 4) is 5.75 Å². The quantitative estimate of drug-likeness (QED) is 0.108. The van der Waals surface area contributed by atoms with Crippen molar-refractivity contribution in [2.45, 2.75) is 12.1 Å². The fourth-order valence-corrected chi connectivity index (χ4v) is 5.04. The van der Waals surface area contributed by atoms with Crippen molar-refractivity contribution in [3.05, 3.63) is 130 Å². The number of imide groups is 1. The van der Waals surface area contributed by atoms with Crippen molar-refractivity contribution in [1.82, 2.24) is 0 Å². The van der Waals surface area contributed by atoms with Crippen molar-refractivity contribution in [1.29, 1.82) is 0 Å². The van der Waals surface area contributed by atoms with Crippen molar-refractivity contribution < 1.29 is 33.3 Å². The predicted octanol–water partition coefficient (Wildman–Crippen LogP) is 5.00. The summed E-state index contributed by atoms with van der Waals surface area (Å²) in [6.45, 7) is 0. The third kappa shape index (κ3) is 4.68. The zero-order chi connectivity index (χ0) is 28.7. The highest BCUT2D eigenvalue weighted by Gasteiger charge is 2.60. The second-order valence-corrected chi connectivity index (χ2v) is 9.41. The molecule has 3 unspecified atom stereocenters. The fourth-order valence-electron chi connectivity index (χ4n) is 5.04. The van der Waals surface area contributed by atoms with Gasteiger partial charge in [0.2, 0.25) is 5.91 Å². The van der Waals surface area contributed by atoms with Gasteiger partial charge in [0.25, 0.3) is 11.6 Å². The summed E-state index contributed by atoms with van der Waals surface area (Å²) < 4.78 is 19.0. The molecule has 11 heteroatoms. The van der Waals surface area contributed by atoms with Gasteiger partial charge in [0.05, 0.1) is 27.9 Å². The summed E-state index contributed by atoms with van der Waals surface area (Å²) in [5.74, 6) is -3.05. The molecule has 0 N–H and O–H groups in total. The van der Waals surface area contributed by atoms with Gasteiger partial charge in [-0.25, -0.2) is 19.1 Å². The van der Waals surface area contributed by atoms with Crippen LogP contribution in [0.25, 0.3) is 0 Å². The van der Waals surface area contributed by atoms with Crippen molar-refractivity contribution in [3.63, 3.8) is 0 Å². The highest BCUT2D eigenvalue weighted by molar-refractivity contribution is 6.23. The first-order chi connectivity index (χ1) is 19.8. The Bertz CT molecular complexity index is 1660. The Morgan fingerprint density at radius 2 is 1.56 bits per heavy atom. The number of esters is 1. The second kappa shape index (κ2) is 10.3. The molecule has 0 bridgehead atoms. The van der Waals surface area contributed by atoms with Crippen LogP contribution in [0.4, 0.5) is 21.5 Å². The average Bonchev–Trinajstić information content (AvgIpc) is 3.50. The first-order valence-corrected chi connectivity index (χ1v) is 12.5. The Hall–Kier alpha value is -5.42. The van der Waals surface area contributed by atoms with Gasteiger partial charge in [-0.2, -0.15) is 0 Å². The summed E-state index contributed by atoms with van der Waals surface area (Å²) in [5.41, 5.74) is 1.17. The Balaban J connectivity index is 1.35. The number of ether oxygens (including phenoxy) is 1. The SMILES string of the molecule is O=C(Oc1ccc(C2C3C(=O)N(c4ccc(F)cc4)C(=O)C3ON2c2cccc([N+](=O)[O-])c2)cc1)c1ccccc1. The molecule has 6 rings (SSSR count). The topological polar surface area (TPSA) is 119 Å². The number of nitrogens with zero attached hydrogens (tertiary/aromatic N) is 3. The monoisotopic (exact) mass is 553 g/mol. The first kappa shape index (κ1) is 25.8. The fraction of sp³-hybridized carbons (Fsp3) is 0.100. The molecule has 2 aliphatic heterocycles. The molecule has 2 aliphatic rings. The Labute approximate surface area is 232 Å². The van der Waals surface area contributed by atoms with Gasteiger partial charge in [-0.1, -0.05) is 36.4 Å². The Morgan fingerprint density at radius 3 is 2.24 bits per heavy atom. The van der Waals surface area contributed by atoms with Crippen LogP contribution in [-0.2, 0) is 14.4 Å². The maximum Gasteiger partial charge on any atom is 0.343 e. The van der Waals surface area contributed by atoms with Gasteiger partial charge >= 0.3 is 5.97 Å². The van der Waals surface area contributed by atoms with E-state index in [1.54, 1.807) is 60.7 Å². The van der Waals surface area contributed by atoms with Gasteiger partial charge in [0.1, 0.15) is 17.5 Å². The molecular weight excluding hydrogens is 533 g/mol. The number of fused-ring (bicyclic) bond motifs is 1. The van der Waals surface area contributed by atoms with E-state index in [0.717, 1.165) is 17.0 Å². The van der Waals surface area contributed by atoms with E-state index in [-0.39, 0.29) is 22.8 Å². The zero-order valence-electron chi connectivity index (χ0n) is 21.1. The van der Waals surface area contributed by atoms with Crippen LogP contribution in [0.5, 0.6) is 5.75 Å². The number of rotatable bonds is 6. The van der Waals surface area contributed by atoms with Crippen LogP contribution in [0.15, 0.2) is 103 Å². The highest BCUT2D eigenvalue weighted by Crippen LogP contribution is 2.48. The molecule has 4 aromatic carbocycles. The van der Waals surface area contributed by atoms with E-state index in [0.29, 0.717) is 11.1 Å². The van der Waals surface area contributed by atoms with E-state index in [4.69, 9.17) is 9.57 Å². The molecule has 41 heavy (non-hydrogen) atoms. The second-order valence-electron chi connectivity index (χ2n) is 9.41. The van der Waals surface area contributed by atoms with Gasteiger partial charge in [-0.15, -0.1) is 0 Å². The number of nitro groups is 1. The summed E-state index contributed by atoms with van der Waals surface area (Å²) >= 11 is 0. The number of hydrogen-bond donors (Lipinski definition) is 0. The molecule has 0 saturated carbocycles. The van der Waals surface area contributed by atoms with Crippen LogP contribution < -0.4 is 14.7 Å². The molecule has 204 valence electrons. The van der Waals surface area contributed by atoms with E-state index in [9.17, 15) is 28.9 Å². The lowest BCUT2D eigenvalue weighted by molar-refractivity contribution is -0.384. The summed E-state index contributed by atoms with van der Waals surface area (Å²) in [6.07, 6.45) is -1.23. The lowest BCUT2D eigenvalue weighted by atomic mass is 9.90. The highest BCUT2D eigenvalue weighted by atomic mass is 19.1. The van der Waals surface area contributed by atoms with E-state index < -0.39 is 46.6 Å². The molecule has 2 amide bonds. The lowest BCUT2D eigenvalue weighted by Crippen LogP contribution is -2.37. The molecule has 0 spiro atoms. The van der Waals surface area contributed by atoms with E-state index >= 15 is 0 Å². The minimum absolute atomic E-state index is 0.197. The number of hydrogen-bond acceptors (Lipinski definition) is 8. The summed E-state index contributed by atoms with van der Waals surface area (Å²) in [4.78, 5) is 57.5. The van der Waals surface area contributed by atoms with E-state index in [1.807, 2.05) is 0 Å². The largest absolute Gasteiger partial charge is 0.423 e. The number of benzene rings is 4. The predicted molar refractivity (Wildman–Crippen MR) is 143 cm³/mol. The van der Waals surface area contributed by atoms with Crippen molar-refractivity contribution in [2.75, 3.05) is 9.96 Å². The van der Waals surface area contributed by atoms with E-state index in [1.165, 1.54) is 35.4 Å². The molecule has 2 fully saturated rings. The minimum atomic E-state index is -1.23. The van der Waals surface area contributed by atoms with E-state index in [2.05, 4.69) is 0 Å². The maximum atomic E-state index is 13.7. The minimum Gasteiger partial charge on any atom is -0.423 e. The molecule has 2 saturated heterocycles. The average molecular weight is 554 g/mol. The molecular formula is C30H20FN3O7. The molecule has 0 aliphatic carbocycles. The smallest absolute Gasteiger partial charge is 0.343 e. The van der Waals surface area contributed by atoms with Crippen molar-refractivity contribution >= 4 is 34.8 Å². The summed E-state index contributed by atoms with van der Waals surface area (Å²) in [7, 11) is 0. The zero-order valence-corrected chi connectivity index (χ0v) is 21.1. The normalized spacial score (nSPS) is 19.8. The van der Waals surface area contributed by atoms with Crippen LogP contribution in [0, 0.1) is 21.8 Å². The maximum absolute atomic E-state index is 13.7. The lowest BCUT2D eigenvalue weighted by Gasteiger charge is -2.28. The van der Waals surface area contributed by atoms with Crippen LogP contribution in [0.3, 0.4) is 0 Å². The molecule has 2 heterocycles. The van der Waals surface area contributed by atoms with Gasteiger partial charge in [-0.3, -0.25) is 24.5 Å². The van der Waals surface area contributed by atoms with Crippen LogP contribution in [0.1, 0.15) is 22.0 Å². The number of nitro benzene ring substituents is 1. The third-order valence-electron chi connectivity index (χ3n) is 6.94. The summed E-state index contributed by atoms with van der Waals surface area (Å²) in [6, 6.07) is 24.6. The standard InChI is InChI=1S/C30H20FN3O7/c31-20-11-13-21(14-12-20)32-28(35)25-26(18-9-15-24(16-10-18)40-30(37)19-5-2-1-3-6-19)33(41-27(25)29(32)36)22-7-4-8-23(17-22)34(38)39/h1-17,25-27H. The molecule has 0 radical (unpaired) electrons. The Morgan fingerprint density at radius 1 is 0.854 bits per heavy atom. The van der Waals surface area contributed by atoms with Crippen LogP contribution in [0.2, 0.25) is 0 Å². The Kier molecular flexibility index (Phi) is 6.48.